The number of hydrogen-bond donors (Lipinski definition) is 4. The average Bonchev–Trinajstić information content (AvgIpc) is 3.72. The molecule has 6 heteroatoms. The Hall–Kier alpha value is -2.44. The van der Waals surface area contributed by atoms with Gasteiger partial charge in [0.25, 0.3) is 0 Å². The monoisotopic (exact) mass is 456 g/mol. The highest BCUT2D eigenvalue weighted by Gasteiger charge is 2.51. The molecule has 3 saturated carbocycles. The number of H-pyrrole nitrogens is 2. The molecule has 0 radical (unpaired) electrons. The predicted molar refractivity (Wildman–Crippen MR) is 134 cm³/mol. The number of benzene rings is 1. The van der Waals surface area contributed by atoms with Gasteiger partial charge in [-0.05, 0) is 99.9 Å². The van der Waals surface area contributed by atoms with Gasteiger partial charge in [0.05, 0.1) is 24.0 Å². The Balaban J connectivity index is 1.10. The maximum atomic E-state index is 4.80. The highest BCUT2D eigenvalue weighted by molar-refractivity contribution is 5.60. The number of fused-ring (bicyclic) bond motifs is 3. The molecule has 2 aliphatic heterocycles. The minimum atomic E-state index is 0.301. The van der Waals surface area contributed by atoms with E-state index in [-0.39, 0.29) is 0 Å². The maximum absolute atomic E-state index is 4.80. The summed E-state index contributed by atoms with van der Waals surface area (Å²) in [6.45, 7) is 2.21. The number of aromatic nitrogens is 4. The van der Waals surface area contributed by atoms with Crippen LogP contribution in [0.25, 0.3) is 11.3 Å². The summed E-state index contributed by atoms with van der Waals surface area (Å²) >= 11 is 0. The summed E-state index contributed by atoms with van der Waals surface area (Å²) in [6, 6.07) is 10.1. The highest BCUT2D eigenvalue weighted by atomic mass is 15.0. The molecule has 3 aliphatic carbocycles. The van der Waals surface area contributed by atoms with Crippen LogP contribution >= 0.6 is 0 Å². The van der Waals surface area contributed by atoms with Gasteiger partial charge in [-0.15, -0.1) is 0 Å². The van der Waals surface area contributed by atoms with Crippen molar-refractivity contribution in [1.29, 1.82) is 0 Å². The van der Waals surface area contributed by atoms with Crippen LogP contribution < -0.4 is 10.6 Å². The number of nitrogens with one attached hydrogen (secondary N) is 4. The molecule has 4 heterocycles. The van der Waals surface area contributed by atoms with E-state index in [1.54, 1.807) is 0 Å². The third-order valence-corrected chi connectivity index (χ3v) is 9.58. The molecule has 4 N–H and O–H groups in total. The molecule has 2 saturated heterocycles. The number of rotatable bonds is 5. The van der Waals surface area contributed by atoms with Crippen LogP contribution in [0.1, 0.15) is 99.2 Å². The molecular formula is C28H36N6. The first-order chi connectivity index (χ1) is 16.7. The van der Waals surface area contributed by atoms with Gasteiger partial charge in [0.1, 0.15) is 11.6 Å². The van der Waals surface area contributed by atoms with Gasteiger partial charge in [-0.3, -0.25) is 0 Å². The summed E-state index contributed by atoms with van der Waals surface area (Å²) in [6.07, 6.45) is 16.6. The second kappa shape index (κ2) is 8.06. The van der Waals surface area contributed by atoms with Crippen LogP contribution in [0.5, 0.6) is 0 Å². The molecule has 2 bridgehead atoms. The van der Waals surface area contributed by atoms with E-state index in [4.69, 9.17) is 9.97 Å². The standard InChI is InChI=1S/C28H36N6/c1-4-19(23-17-31-25(33-23)21-6-2-14-29-21)16-20(5-1)27-8-11-28(12-9-27,13-10-27)24-18-32-26(34-24)22-7-3-15-30-22/h1,4-5,16-18,21-22,29-30H,2-3,6-15H2,(H,31,33)(H,32,34)/t21?,22-,27?,28?/m0/s1. The second-order valence-electron chi connectivity index (χ2n) is 11.3. The van der Waals surface area contributed by atoms with Crippen molar-refractivity contribution in [2.45, 2.75) is 87.1 Å². The van der Waals surface area contributed by atoms with Crippen LogP contribution in [0.3, 0.4) is 0 Å². The molecule has 34 heavy (non-hydrogen) atoms. The van der Waals surface area contributed by atoms with Gasteiger partial charge in [0.2, 0.25) is 0 Å². The van der Waals surface area contributed by atoms with E-state index in [1.165, 1.54) is 81.0 Å². The SMILES string of the molecule is c1cc(-c2cnc(C3CCCN3)[nH]2)cc(C23CCC(c4cnc([C@@H]5CCCN5)[nH]4)(CC2)CC3)c1. The van der Waals surface area contributed by atoms with Crippen molar-refractivity contribution in [3.63, 3.8) is 0 Å². The number of hydrogen-bond acceptors (Lipinski definition) is 4. The first kappa shape index (κ1) is 20.9. The zero-order valence-electron chi connectivity index (χ0n) is 20.0. The minimum Gasteiger partial charge on any atom is -0.344 e. The normalized spacial score (nSPS) is 33.1. The zero-order chi connectivity index (χ0) is 22.6. The fourth-order valence-corrected chi connectivity index (χ4v) is 7.32. The lowest BCUT2D eigenvalue weighted by molar-refractivity contribution is 0.0989. The Bertz CT molecular complexity index is 1140. The fraction of sp³-hybridized carbons (Fsp3) is 0.571. The minimum absolute atomic E-state index is 0.301. The van der Waals surface area contributed by atoms with Crippen molar-refractivity contribution in [1.82, 2.24) is 30.6 Å². The molecule has 0 spiro atoms. The van der Waals surface area contributed by atoms with E-state index in [1.807, 2.05) is 6.20 Å². The average molecular weight is 457 g/mol. The third kappa shape index (κ3) is 3.37. The molecule has 2 atom stereocenters. The van der Waals surface area contributed by atoms with E-state index >= 15 is 0 Å². The molecular weight excluding hydrogens is 420 g/mol. The summed E-state index contributed by atoms with van der Waals surface area (Å²) in [5.74, 6) is 2.24. The molecule has 8 rings (SSSR count). The van der Waals surface area contributed by atoms with Crippen LogP contribution in [0.4, 0.5) is 0 Å². The third-order valence-electron chi connectivity index (χ3n) is 9.58. The van der Waals surface area contributed by atoms with Gasteiger partial charge in [-0.1, -0.05) is 18.2 Å². The van der Waals surface area contributed by atoms with Gasteiger partial charge in [-0.25, -0.2) is 9.97 Å². The molecule has 0 amide bonds. The molecule has 2 aromatic heterocycles. The highest BCUT2D eigenvalue weighted by Crippen LogP contribution is 2.58. The Morgan fingerprint density at radius 3 is 2.06 bits per heavy atom. The molecule has 178 valence electrons. The number of aromatic amines is 2. The van der Waals surface area contributed by atoms with Gasteiger partial charge in [-0.2, -0.15) is 0 Å². The summed E-state index contributed by atoms with van der Waals surface area (Å²) in [5.41, 5.74) is 5.96. The second-order valence-corrected chi connectivity index (χ2v) is 11.3. The van der Waals surface area contributed by atoms with E-state index < -0.39 is 0 Å². The van der Waals surface area contributed by atoms with Crippen molar-refractivity contribution < 1.29 is 0 Å². The van der Waals surface area contributed by atoms with Crippen LogP contribution in [0.2, 0.25) is 0 Å². The van der Waals surface area contributed by atoms with Crippen molar-refractivity contribution in [3.05, 3.63) is 59.6 Å². The quantitative estimate of drug-likeness (QED) is 0.426. The Kier molecular flexibility index (Phi) is 4.95. The van der Waals surface area contributed by atoms with Crippen LogP contribution in [0, 0.1) is 0 Å². The van der Waals surface area contributed by atoms with Gasteiger partial charge in [0, 0.05) is 17.3 Å². The van der Waals surface area contributed by atoms with Gasteiger partial charge >= 0.3 is 0 Å². The Morgan fingerprint density at radius 2 is 1.38 bits per heavy atom. The smallest absolute Gasteiger partial charge is 0.123 e. The first-order valence-corrected chi connectivity index (χ1v) is 13.4. The number of imidazole rings is 2. The van der Waals surface area contributed by atoms with Crippen LogP contribution in [0.15, 0.2) is 36.7 Å². The van der Waals surface area contributed by atoms with E-state index in [0.717, 1.165) is 30.4 Å². The van der Waals surface area contributed by atoms with E-state index in [2.05, 4.69) is 51.1 Å². The molecule has 5 aliphatic rings. The van der Waals surface area contributed by atoms with E-state index in [9.17, 15) is 0 Å². The maximum Gasteiger partial charge on any atom is 0.123 e. The van der Waals surface area contributed by atoms with Crippen molar-refractivity contribution >= 4 is 0 Å². The largest absolute Gasteiger partial charge is 0.344 e. The van der Waals surface area contributed by atoms with Gasteiger partial charge in [0.15, 0.2) is 0 Å². The fourth-order valence-electron chi connectivity index (χ4n) is 7.32. The predicted octanol–water partition coefficient (Wildman–Crippen LogP) is 5.19. The van der Waals surface area contributed by atoms with Crippen LogP contribution in [-0.2, 0) is 10.8 Å². The lowest BCUT2D eigenvalue weighted by atomic mass is 9.51. The molecule has 3 aromatic rings. The summed E-state index contributed by atoms with van der Waals surface area (Å²) in [7, 11) is 0. The zero-order valence-corrected chi connectivity index (χ0v) is 20.0. The molecule has 1 aromatic carbocycles. The van der Waals surface area contributed by atoms with Gasteiger partial charge < -0.3 is 20.6 Å². The molecule has 5 fully saturated rings. The first-order valence-electron chi connectivity index (χ1n) is 13.4. The van der Waals surface area contributed by atoms with E-state index in [0.29, 0.717) is 22.9 Å². The summed E-state index contributed by atoms with van der Waals surface area (Å²) < 4.78 is 0. The van der Waals surface area contributed by atoms with Crippen molar-refractivity contribution in [2.75, 3.05) is 13.1 Å². The number of nitrogens with zero attached hydrogens (tertiary/aromatic N) is 2. The van der Waals surface area contributed by atoms with Crippen molar-refractivity contribution in [2.24, 2.45) is 0 Å². The Labute approximate surface area is 201 Å². The van der Waals surface area contributed by atoms with Crippen LogP contribution in [-0.4, -0.2) is 33.0 Å². The topological polar surface area (TPSA) is 81.4 Å². The lowest BCUT2D eigenvalue weighted by Crippen LogP contribution is -2.46. The molecule has 6 nitrogen and oxygen atoms in total. The summed E-state index contributed by atoms with van der Waals surface area (Å²) in [4.78, 5) is 16.9. The summed E-state index contributed by atoms with van der Waals surface area (Å²) in [5, 5.41) is 7.14. The Morgan fingerprint density at radius 1 is 0.735 bits per heavy atom. The molecule has 1 unspecified atom stereocenters. The van der Waals surface area contributed by atoms with Crippen molar-refractivity contribution in [3.8, 4) is 11.3 Å². The lowest BCUT2D eigenvalue weighted by Gasteiger charge is -2.53.